The summed E-state index contributed by atoms with van der Waals surface area (Å²) in [7, 11) is 1.69. The number of oxazole rings is 1. The summed E-state index contributed by atoms with van der Waals surface area (Å²) >= 11 is 0. The number of rotatable bonds is 7. The van der Waals surface area contributed by atoms with Crippen molar-refractivity contribution in [1.82, 2.24) is 14.5 Å². The van der Waals surface area contributed by atoms with Gasteiger partial charge in [-0.25, -0.2) is 4.98 Å². The normalized spacial score (nSPS) is 10.8. The summed E-state index contributed by atoms with van der Waals surface area (Å²) in [6, 6.07) is 12.3. The van der Waals surface area contributed by atoms with Crippen molar-refractivity contribution in [3.63, 3.8) is 0 Å². The van der Waals surface area contributed by atoms with Crippen LogP contribution in [0.1, 0.15) is 5.69 Å². The van der Waals surface area contributed by atoms with Crippen molar-refractivity contribution in [3.8, 4) is 23.0 Å². The van der Waals surface area contributed by atoms with Crippen molar-refractivity contribution in [2.45, 2.75) is 6.61 Å². The molecular formula is C22H19N3O4. The van der Waals surface area contributed by atoms with Gasteiger partial charge in [-0.1, -0.05) is 12.7 Å². The van der Waals surface area contributed by atoms with Gasteiger partial charge < -0.3 is 18.5 Å². The van der Waals surface area contributed by atoms with E-state index in [0.29, 0.717) is 41.7 Å². The van der Waals surface area contributed by atoms with Crippen LogP contribution in [0.3, 0.4) is 0 Å². The van der Waals surface area contributed by atoms with Crippen LogP contribution in [0.25, 0.3) is 22.6 Å². The summed E-state index contributed by atoms with van der Waals surface area (Å²) in [6.07, 6.45) is 5.03. The molecule has 29 heavy (non-hydrogen) atoms. The fourth-order valence-corrected chi connectivity index (χ4v) is 2.74. The monoisotopic (exact) mass is 389 g/mol. The third kappa shape index (κ3) is 4.19. The molecule has 0 fully saturated rings. The summed E-state index contributed by atoms with van der Waals surface area (Å²) in [5, 5.41) is 0. The largest absolute Gasteiger partial charge is 0.488 e. The molecule has 0 aliphatic heterocycles. The molecule has 0 saturated heterocycles. The first kappa shape index (κ1) is 18.5. The number of pyridine rings is 2. The fourth-order valence-electron chi connectivity index (χ4n) is 2.74. The molecule has 4 rings (SSSR count). The maximum atomic E-state index is 11.6. The molecule has 4 aromatic rings. The molecule has 0 aliphatic rings. The molecule has 0 N–H and O–H groups in total. The summed E-state index contributed by atoms with van der Waals surface area (Å²) in [6.45, 7) is 4.37. The lowest BCUT2D eigenvalue weighted by atomic mass is 10.3. The Bertz CT molecular complexity index is 1210. The highest BCUT2D eigenvalue weighted by atomic mass is 16.5. The van der Waals surface area contributed by atoms with Gasteiger partial charge in [-0.3, -0.25) is 9.78 Å². The molecule has 0 saturated carbocycles. The van der Waals surface area contributed by atoms with Crippen LogP contribution in [0.4, 0.5) is 0 Å². The average Bonchev–Trinajstić information content (AvgIpc) is 3.17. The number of hydrogen-bond donors (Lipinski definition) is 0. The molecule has 0 aliphatic carbocycles. The molecule has 0 radical (unpaired) electrons. The SMILES string of the molecule is C=CCOc1ccc(COc2ccc3oc(-c4ccc(=O)n(C)c4)nc3c2)nc1. The van der Waals surface area contributed by atoms with E-state index >= 15 is 0 Å². The Morgan fingerprint density at radius 2 is 2.00 bits per heavy atom. The quantitative estimate of drug-likeness (QED) is 0.448. The number of hydrogen-bond acceptors (Lipinski definition) is 6. The van der Waals surface area contributed by atoms with Gasteiger partial charge in [0.1, 0.15) is 30.2 Å². The van der Waals surface area contributed by atoms with Gasteiger partial charge in [0.15, 0.2) is 5.58 Å². The predicted molar refractivity (Wildman–Crippen MR) is 109 cm³/mol. The maximum absolute atomic E-state index is 11.6. The van der Waals surface area contributed by atoms with E-state index in [2.05, 4.69) is 16.5 Å². The first-order valence-corrected chi connectivity index (χ1v) is 9.01. The van der Waals surface area contributed by atoms with E-state index in [1.54, 1.807) is 31.6 Å². The number of benzene rings is 1. The van der Waals surface area contributed by atoms with Crippen LogP contribution in [0.5, 0.6) is 11.5 Å². The molecule has 0 spiro atoms. The van der Waals surface area contributed by atoms with Crippen molar-refractivity contribution in [2.24, 2.45) is 7.05 Å². The zero-order valence-corrected chi connectivity index (χ0v) is 15.9. The number of nitrogens with zero attached hydrogens (tertiary/aromatic N) is 3. The third-order valence-corrected chi connectivity index (χ3v) is 4.24. The Morgan fingerprint density at radius 3 is 2.76 bits per heavy atom. The maximum Gasteiger partial charge on any atom is 0.250 e. The van der Waals surface area contributed by atoms with E-state index in [1.165, 1.54) is 10.6 Å². The van der Waals surface area contributed by atoms with E-state index < -0.39 is 0 Å². The van der Waals surface area contributed by atoms with Crippen LogP contribution in [0.2, 0.25) is 0 Å². The minimum atomic E-state index is -0.0885. The minimum Gasteiger partial charge on any atom is -0.488 e. The van der Waals surface area contributed by atoms with E-state index in [9.17, 15) is 4.79 Å². The molecular weight excluding hydrogens is 370 g/mol. The third-order valence-electron chi connectivity index (χ3n) is 4.24. The molecule has 7 nitrogen and oxygen atoms in total. The lowest BCUT2D eigenvalue weighted by molar-refractivity contribution is 0.300. The molecule has 0 amide bonds. The molecule has 7 heteroatoms. The van der Waals surface area contributed by atoms with Gasteiger partial charge >= 0.3 is 0 Å². The Hall–Kier alpha value is -3.87. The first-order valence-electron chi connectivity index (χ1n) is 9.01. The van der Waals surface area contributed by atoms with Crippen LogP contribution < -0.4 is 15.0 Å². The molecule has 0 atom stereocenters. The second-order valence-electron chi connectivity index (χ2n) is 6.39. The van der Waals surface area contributed by atoms with Crippen molar-refractivity contribution in [2.75, 3.05) is 6.61 Å². The van der Waals surface area contributed by atoms with Crippen molar-refractivity contribution < 1.29 is 13.9 Å². The van der Waals surface area contributed by atoms with Crippen LogP contribution in [0.15, 0.2) is 76.7 Å². The summed E-state index contributed by atoms with van der Waals surface area (Å²) in [5.74, 6) is 1.79. The van der Waals surface area contributed by atoms with Crippen LogP contribution >= 0.6 is 0 Å². The highest BCUT2D eigenvalue weighted by Crippen LogP contribution is 2.26. The molecule has 1 aromatic carbocycles. The topological polar surface area (TPSA) is 79.4 Å². The van der Waals surface area contributed by atoms with Gasteiger partial charge in [0.05, 0.1) is 17.5 Å². The number of aromatic nitrogens is 3. The van der Waals surface area contributed by atoms with E-state index in [4.69, 9.17) is 13.9 Å². The Labute approximate surface area is 166 Å². The zero-order valence-electron chi connectivity index (χ0n) is 15.9. The van der Waals surface area contributed by atoms with Gasteiger partial charge in [-0.2, -0.15) is 0 Å². The van der Waals surface area contributed by atoms with Crippen LogP contribution in [-0.2, 0) is 13.7 Å². The molecule has 0 unspecified atom stereocenters. The number of ether oxygens (including phenoxy) is 2. The van der Waals surface area contributed by atoms with Gasteiger partial charge in [0.25, 0.3) is 0 Å². The molecule has 3 aromatic heterocycles. The second-order valence-corrected chi connectivity index (χ2v) is 6.39. The molecule has 146 valence electrons. The van der Waals surface area contributed by atoms with Crippen LogP contribution in [-0.4, -0.2) is 21.1 Å². The Kier molecular flexibility index (Phi) is 5.11. The summed E-state index contributed by atoms with van der Waals surface area (Å²) in [5.41, 5.74) is 2.74. The van der Waals surface area contributed by atoms with E-state index in [0.717, 1.165) is 11.3 Å². The average molecular weight is 389 g/mol. The minimum absolute atomic E-state index is 0.0885. The molecule has 0 bridgehead atoms. The summed E-state index contributed by atoms with van der Waals surface area (Å²) < 4.78 is 18.5. The van der Waals surface area contributed by atoms with Crippen molar-refractivity contribution in [3.05, 3.63) is 83.6 Å². The first-order chi connectivity index (χ1) is 14.1. The molecule has 3 heterocycles. The van der Waals surface area contributed by atoms with Gasteiger partial charge in [-0.15, -0.1) is 0 Å². The van der Waals surface area contributed by atoms with Crippen molar-refractivity contribution in [1.29, 1.82) is 0 Å². The van der Waals surface area contributed by atoms with Crippen LogP contribution in [0, 0.1) is 0 Å². The lowest BCUT2D eigenvalue weighted by Gasteiger charge is -2.06. The summed E-state index contributed by atoms with van der Waals surface area (Å²) in [4.78, 5) is 20.4. The second kappa shape index (κ2) is 8.02. The van der Waals surface area contributed by atoms with Crippen molar-refractivity contribution >= 4 is 11.1 Å². The highest BCUT2D eigenvalue weighted by Gasteiger charge is 2.10. The highest BCUT2D eigenvalue weighted by molar-refractivity contribution is 5.77. The van der Waals surface area contributed by atoms with Gasteiger partial charge in [-0.05, 0) is 30.3 Å². The number of aryl methyl sites for hydroxylation is 1. The lowest BCUT2D eigenvalue weighted by Crippen LogP contribution is -2.13. The van der Waals surface area contributed by atoms with E-state index in [-0.39, 0.29) is 5.56 Å². The fraction of sp³-hybridized carbons (Fsp3) is 0.136. The Morgan fingerprint density at radius 1 is 1.14 bits per heavy atom. The standard InChI is InChI=1S/C22H19N3O4/c1-3-10-27-18-6-5-16(23-12-18)14-28-17-7-8-20-19(11-17)24-22(29-20)15-4-9-21(26)25(2)13-15/h3-9,11-13H,1,10,14H2,2H3. The number of fused-ring (bicyclic) bond motifs is 1. The smallest absolute Gasteiger partial charge is 0.250 e. The Balaban J connectivity index is 1.48. The van der Waals surface area contributed by atoms with E-state index in [1.807, 2.05) is 30.3 Å². The predicted octanol–water partition coefficient (Wildman–Crippen LogP) is 3.73. The van der Waals surface area contributed by atoms with Gasteiger partial charge in [0, 0.05) is 25.4 Å². The zero-order chi connectivity index (χ0) is 20.2. The van der Waals surface area contributed by atoms with Gasteiger partial charge in [0.2, 0.25) is 11.4 Å².